The van der Waals surface area contributed by atoms with Gasteiger partial charge in [0.1, 0.15) is 6.04 Å². The van der Waals surface area contributed by atoms with Crippen LogP contribution in [-0.4, -0.2) is 67.4 Å². The first-order valence-electron chi connectivity index (χ1n) is 4.14. The molecular weight excluding hydrogens is 170 g/mol. The number of carbonyl (C=O) groups excluding carboxylic acids is 2. The van der Waals surface area contributed by atoms with Crippen molar-refractivity contribution in [3.05, 3.63) is 0 Å². The molecule has 3 amide bonds. The predicted octanol–water partition coefficient (Wildman–Crippen LogP) is -0.560. The molecule has 0 bridgehead atoms. The summed E-state index contributed by atoms with van der Waals surface area (Å²) in [5.41, 5.74) is 0. The van der Waals surface area contributed by atoms with E-state index in [9.17, 15) is 9.59 Å². The minimum atomic E-state index is -0.326. The maximum absolute atomic E-state index is 11.6. The van der Waals surface area contributed by atoms with Gasteiger partial charge in [-0.15, -0.1) is 0 Å². The Labute approximate surface area is 77.9 Å². The van der Waals surface area contributed by atoms with Crippen molar-refractivity contribution in [3.63, 3.8) is 0 Å². The van der Waals surface area contributed by atoms with Crippen LogP contribution in [0.5, 0.6) is 0 Å². The highest BCUT2D eigenvalue weighted by Gasteiger charge is 2.37. The van der Waals surface area contributed by atoms with E-state index in [-0.39, 0.29) is 18.0 Å². The molecular formula is C8H15N3O2. The van der Waals surface area contributed by atoms with Crippen molar-refractivity contribution >= 4 is 11.9 Å². The smallest absolute Gasteiger partial charge is 0.320 e. The van der Waals surface area contributed by atoms with Gasteiger partial charge in [-0.1, -0.05) is 0 Å². The Morgan fingerprint density at radius 1 is 1.46 bits per heavy atom. The summed E-state index contributed by atoms with van der Waals surface area (Å²) in [5, 5.41) is 0. The van der Waals surface area contributed by atoms with Gasteiger partial charge in [-0.25, -0.2) is 4.79 Å². The van der Waals surface area contributed by atoms with Gasteiger partial charge in [-0.3, -0.25) is 4.79 Å². The summed E-state index contributed by atoms with van der Waals surface area (Å²) in [4.78, 5) is 27.4. The Morgan fingerprint density at radius 3 is 2.31 bits per heavy atom. The number of hydrogen-bond donors (Lipinski definition) is 0. The largest absolute Gasteiger partial charge is 0.347 e. The molecule has 0 N–H and O–H groups in total. The van der Waals surface area contributed by atoms with Gasteiger partial charge in [0.15, 0.2) is 0 Å². The highest BCUT2D eigenvalue weighted by Crippen LogP contribution is 2.12. The van der Waals surface area contributed by atoms with Crippen LogP contribution in [0.4, 0.5) is 4.79 Å². The summed E-state index contributed by atoms with van der Waals surface area (Å²) in [7, 11) is 6.73. The predicted molar refractivity (Wildman–Crippen MR) is 48.3 cm³/mol. The maximum atomic E-state index is 11.6. The Bertz CT molecular complexity index is 240. The van der Waals surface area contributed by atoms with Crippen molar-refractivity contribution in [1.29, 1.82) is 0 Å². The quantitative estimate of drug-likeness (QED) is 0.549. The molecule has 13 heavy (non-hydrogen) atoms. The van der Waals surface area contributed by atoms with E-state index in [0.717, 1.165) is 0 Å². The van der Waals surface area contributed by atoms with Gasteiger partial charge in [-0.05, 0) is 0 Å². The first-order chi connectivity index (χ1) is 5.95. The van der Waals surface area contributed by atoms with E-state index in [2.05, 4.69) is 0 Å². The number of hydrogen-bond acceptors (Lipinski definition) is 2. The molecule has 1 fully saturated rings. The number of likely N-dealkylation sites (N-methyl/N-ethyl adjacent to an activating group) is 3. The van der Waals surface area contributed by atoms with E-state index in [1.807, 2.05) is 0 Å². The van der Waals surface area contributed by atoms with Gasteiger partial charge >= 0.3 is 6.03 Å². The molecule has 1 atom stereocenters. The van der Waals surface area contributed by atoms with Gasteiger partial charge in [0.05, 0.1) is 6.54 Å². The lowest BCUT2D eigenvalue weighted by Gasteiger charge is -2.20. The summed E-state index contributed by atoms with van der Waals surface area (Å²) in [6.45, 7) is 0.479. The molecule has 0 aromatic rings. The molecule has 1 aliphatic heterocycles. The molecule has 1 saturated heterocycles. The summed E-state index contributed by atoms with van der Waals surface area (Å²) in [5.74, 6) is -0.0276. The zero-order valence-electron chi connectivity index (χ0n) is 8.44. The highest BCUT2D eigenvalue weighted by molar-refractivity contribution is 5.89. The summed E-state index contributed by atoms with van der Waals surface area (Å²) in [6.07, 6.45) is 0. The fraction of sp³-hybridized carbons (Fsp3) is 0.750. The zero-order chi connectivity index (χ0) is 10.2. The molecule has 0 aliphatic carbocycles. The van der Waals surface area contributed by atoms with Crippen molar-refractivity contribution in [2.45, 2.75) is 6.04 Å². The third-order valence-electron chi connectivity index (χ3n) is 2.27. The lowest BCUT2D eigenvalue weighted by Crippen LogP contribution is -2.43. The van der Waals surface area contributed by atoms with Crippen LogP contribution in [0.3, 0.4) is 0 Å². The molecule has 1 rings (SSSR count). The number of urea groups is 1. The van der Waals surface area contributed by atoms with Crippen LogP contribution in [0.1, 0.15) is 0 Å². The molecule has 0 radical (unpaired) electrons. The average molecular weight is 185 g/mol. The summed E-state index contributed by atoms with van der Waals surface area (Å²) >= 11 is 0. The molecule has 0 spiro atoms. The summed E-state index contributed by atoms with van der Waals surface area (Å²) < 4.78 is 0. The van der Waals surface area contributed by atoms with Gasteiger partial charge in [0.2, 0.25) is 5.91 Å². The number of amides is 3. The minimum Gasteiger partial charge on any atom is -0.347 e. The highest BCUT2D eigenvalue weighted by atomic mass is 16.2. The second-order valence-corrected chi connectivity index (χ2v) is 3.52. The SMILES string of the molecule is CN(C)C(=O)C1CN(C)C(=O)N1C. The average Bonchev–Trinajstić information content (AvgIpc) is 2.31. The number of carbonyl (C=O) groups is 2. The molecule has 0 saturated carbocycles. The fourth-order valence-corrected chi connectivity index (χ4v) is 1.40. The Hall–Kier alpha value is -1.26. The van der Waals surface area contributed by atoms with Crippen LogP contribution >= 0.6 is 0 Å². The standard InChI is InChI=1S/C8H15N3O2/c1-9(2)7(12)6-5-10(3)8(13)11(6)4/h6H,5H2,1-4H3. The van der Waals surface area contributed by atoms with Gasteiger partial charge in [0, 0.05) is 28.2 Å². The minimum absolute atomic E-state index is 0.0276. The lowest BCUT2D eigenvalue weighted by molar-refractivity contribution is -0.132. The van der Waals surface area contributed by atoms with E-state index in [1.165, 1.54) is 9.80 Å². The van der Waals surface area contributed by atoms with Crippen molar-refractivity contribution in [2.24, 2.45) is 0 Å². The molecule has 0 aromatic heterocycles. The molecule has 5 heteroatoms. The number of rotatable bonds is 1. The van der Waals surface area contributed by atoms with Crippen LogP contribution < -0.4 is 0 Å². The fourth-order valence-electron chi connectivity index (χ4n) is 1.40. The number of nitrogens with zero attached hydrogens (tertiary/aromatic N) is 3. The van der Waals surface area contributed by atoms with Crippen LogP contribution in [0, 0.1) is 0 Å². The topological polar surface area (TPSA) is 43.9 Å². The van der Waals surface area contributed by atoms with Crippen molar-refractivity contribution in [3.8, 4) is 0 Å². The third kappa shape index (κ3) is 1.59. The van der Waals surface area contributed by atoms with Crippen LogP contribution in [0.2, 0.25) is 0 Å². The van der Waals surface area contributed by atoms with E-state index in [4.69, 9.17) is 0 Å². The van der Waals surface area contributed by atoms with Gasteiger partial charge in [0.25, 0.3) is 0 Å². The molecule has 5 nitrogen and oxygen atoms in total. The van der Waals surface area contributed by atoms with Crippen molar-refractivity contribution in [2.75, 3.05) is 34.7 Å². The zero-order valence-corrected chi connectivity index (χ0v) is 8.44. The molecule has 1 heterocycles. The Morgan fingerprint density at radius 2 is 2.00 bits per heavy atom. The van der Waals surface area contributed by atoms with Gasteiger partial charge in [-0.2, -0.15) is 0 Å². The van der Waals surface area contributed by atoms with E-state index >= 15 is 0 Å². The van der Waals surface area contributed by atoms with Crippen molar-refractivity contribution < 1.29 is 9.59 Å². The molecule has 0 aromatic carbocycles. The second kappa shape index (κ2) is 3.24. The lowest BCUT2D eigenvalue weighted by atomic mass is 10.2. The first-order valence-corrected chi connectivity index (χ1v) is 4.14. The second-order valence-electron chi connectivity index (χ2n) is 3.52. The van der Waals surface area contributed by atoms with E-state index in [1.54, 1.807) is 33.1 Å². The summed E-state index contributed by atoms with van der Waals surface area (Å²) in [6, 6.07) is -0.423. The van der Waals surface area contributed by atoms with Crippen LogP contribution in [0.25, 0.3) is 0 Å². The third-order valence-corrected chi connectivity index (χ3v) is 2.27. The molecule has 74 valence electrons. The maximum Gasteiger partial charge on any atom is 0.320 e. The Balaban J connectivity index is 2.74. The monoisotopic (exact) mass is 185 g/mol. The van der Waals surface area contributed by atoms with Crippen LogP contribution in [-0.2, 0) is 4.79 Å². The van der Waals surface area contributed by atoms with E-state index < -0.39 is 0 Å². The molecule has 1 unspecified atom stereocenters. The normalized spacial score (nSPS) is 22.5. The van der Waals surface area contributed by atoms with Crippen molar-refractivity contribution in [1.82, 2.24) is 14.7 Å². The van der Waals surface area contributed by atoms with Gasteiger partial charge < -0.3 is 14.7 Å². The van der Waals surface area contributed by atoms with E-state index in [0.29, 0.717) is 6.54 Å². The molecule has 1 aliphatic rings. The Kier molecular flexibility index (Phi) is 2.45. The van der Waals surface area contributed by atoms with Crippen LogP contribution in [0.15, 0.2) is 0 Å². The first kappa shape index (κ1) is 9.83.